The maximum Gasteiger partial charge on any atom is 0.145 e. The van der Waals surface area contributed by atoms with Gasteiger partial charge in [0, 0.05) is 41.9 Å². The molecule has 0 radical (unpaired) electrons. The van der Waals surface area contributed by atoms with Gasteiger partial charge in [-0.25, -0.2) is 0 Å². The van der Waals surface area contributed by atoms with Gasteiger partial charge in [-0.15, -0.1) is 0 Å². The summed E-state index contributed by atoms with van der Waals surface area (Å²) in [4.78, 5) is 8.61. The first-order chi connectivity index (χ1) is 10.1. The van der Waals surface area contributed by atoms with Gasteiger partial charge < -0.3 is 9.26 Å². The summed E-state index contributed by atoms with van der Waals surface area (Å²) in [7, 11) is 0. The van der Waals surface area contributed by atoms with Crippen molar-refractivity contribution in [1.29, 1.82) is 0 Å². The summed E-state index contributed by atoms with van der Waals surface area (Å²) in [6, 6.07) is 0. The molecule has 1 saturated heterocycles. The molecule has 5 heteroatoms. The molecule has 21 heavy (non-hydrogen) atoms. The average Bonchev–Trinajstić information content (AvgIpc) is 3.07. The second-order valence-corrected chi connectivity index (χ2v) is 6.94. The maximum absolute atomic E-state index is 6.27. The van der Waals surface area contributed by atoms with Crippen LogP contribution < -0.4 is 0 Å². The SMILES string of the molecule is CC1(C)CC2(Cc3cnoc31)CC(c1cnccn1)CO2. The average molecular weight is 285 g/mol. The highest BCUT2D eigenvalue weighted by Crippen LogP contribution is 2.49. The number of fused-ring (bicyclic) bond motifs is 1. The third-order valence-electron chi connectivity index (χ3n) is 4.75. The van der Waals surface area contributed by atoms with Crippen LogP contribution in [0.4, 0.5) is 0 Å². The van der Waals surface area contributed by atoms with E-state index >= 15 is 0 Å². The van der Waals surface area contributed by atoms with Crippen LogP contribution in [-0.2, 0) is 16.6 Å². The number of rotatable bonds is 1. The highest BCUT2D eigenvalue weighted by Gasteiger charge is 2.50. The molecular formula is C16H19N3O2. The summed E-state index contributed by atoms with van der Waals surface area (Å²) in [5, 5.41) is 3.98. The summed E-state index contributed by atoms with van der Waals surface area (Å²) in [6.45, 7) is 5.13. The Balaban J connectivity index is 1.63. The van der Waals surface area contributed by atoms with E-state index in [-0.39, 0.29) is 11.0 Å². The van der Waals surface area contributed by atoms with Crippen molar-refractivity contribution in [3.63, 3.8) is 0 Å². The van der Waals surface area contributed by atoms with Crippen molar-refractivity contribution >= 4 is 0 Å². The molecule has 110 valence electrons. The maximum atomic E-state index is 6.27. The molecule has 2 aromatic rings. The standard InChI is InChI=1S/C16H19N3O2/c1-15(2)10-16(5-11-7-19-21-14(11)15)6-12(9-20-16)13-8-17-3-4-18-13/h3-4,7-8,12H,5-6,9-10H2,1-2H3. The molecule has 0 N–H and O–H groups in total. The number of hydrogen-bond acceptors (Lipinski definition) is 5. The van der Waals surface area contributed by atoms with Gasteiger partial charge in [-0.2, -0.15) is 0 Å². The number of ether oxygens (including phenoxy) is 1. The summed E-state index contributed by atoms with van der Waals surface area (Å²) >= 11 is 0. The lowest BCUT2D eigenvalue weighted by Gasteiger charge is -2.40. The molecule has 0 saturated carbocycles. The smallest absolute Gasteiger partial charge is 0.145 e. The Bertz CT molecular complexity index is 653. The van der Waals surface area contributed by atoms with Crippen LogP contribution in [0.2, 0.25) is 0 Å². The van der Waals surface area contributed by atoms with E-state index in [1.54, 1.807) is 12.4 Å². The van der Waals surface area contributed by atoms with E-state index in [1.807, 2.05) is 12.4 Å². The predicted octanol–water partition coefficient (Wildman–Crippen LogP) is 2.63. The van der Waals surface area contributed by atoms with Crippen molar-refractivity contribution < 1.29 is 9.26 Å². The highest BCUT2D eigenvalue weighted by molar-refractivity contribution is 5.30. The first-order valence-electron chi connectivity index (χ1n) is 7.42. The number of aromatic nitrogens is 3. The van der Waals surface area contributed by atoms with Gasteiger partial charge in [-0.05, 0) is 12.8 Å². The lowest BCUT2D eigenvalue weighted by molar-refractivity contribution is -0.0279. The molecule has 5 nitrogen and oxygen atoms in total. The second-order valence-electron chi connectivity index (χ2n) is 6.94. The molecular weight excluding hydrogens is 266 g/mol. The van der Waals surface area contributed by atoms with E-state index in [0.29, 0.717) is 5.92 Å². The summed E-state index contributed by atoms with van der Waals surface area (Å²) in [5.74, 6) is 1.34. The Morgan fingerprint density at radius 2 is 2.14 bits per heavy atom. The molecule has 2 aliphatic rings. The van der Waals surface area contributed by atoms with Crippen LogP contribution >= 0.6 is 0 Å². The molecule has 2 aromatic heterocycles. The Labute approximate surface area is 123 Å². The molecule has 2 unspecified atom stereocenters. The van der Waals surface area contributed by atoms with Gasteiger partial charge >= 0.3 is 0 Å². The predicted molar refractivity (Wildman–Crippen MR) is 75.9 cm³/mol. The quantitative estimate of drug-likeness (QED) is 0.806. The van der Waals surface area contributed by atoms with Crippen LogP contribution in [0, 0.1) is 0 Å². The van der Waals surface area contributed by atoms with Crippen molar-refractivity contribution in [1.82, 2.24) is 15.1 Å². The molecule has 1 aliphatic carbocycles. The van der Waals surface area contributed by atoms with Gasteiger partial charge in [-0.1, -0.05) is 19.0 Å². The molecule has 3 heterocycles. The van der Waals surface area contributed by atoms with E-state index < -0.39 is 0 Å². The van der Waals surface area contributed by atoms with Crippen molar-refractivity contribution in [3.8, 4) is 0 Å². The van der Waals surface area contributed by atoms with Crippen molar-refractivity contribution in [2.24, 2.45) is 0 Å². The zero-order chi connectivity index (χ0) is 14.5. The first-order valence-corrected chi connectivity index (χ1v) is 7.42. The van der Waals surface area contributed by atoms with E-state index in [2.05, 4.69) is 29.0 Å². The third kappa shape index (κ3) is 2.07. The molecule has 1 aliphatic heterocycles. The van der Waals surface area contributed by atoms with Crippen LogP contribution in [-0.4, -0.2) is 27.3 Å². The molecule has 0 amide bonds. The zero-order valence-electron chi connectivity index (χ0n) is 12.4. The molecule has 0 aromatic carbocycles. The van der Waals surface area contributed by atoms with E-state index in [0.717, 1.165) is 37.3 Å². The Kier molecular flexibility index (Phi) is 2.70. The Morgan fingerprint density at radius 3 is 2.95 bits per heavy atom. The molecule has 4 rings (SSSR count). The monoisotopic (exact) mass is 285 g/mol. The minimum Gasteiger partial charge on any atom is -0.374 e. The molecule has 1 spiro atoms. The molecule has 0 bridgehead atoms. The van der Waals surface area contributed by atoms with E-state index in [1.165, 1.54) is 5.56 Å². The summed E-state index contributed by atoms with van der Waals surface area (Å²) in [6.07, 6.45) is 9.99. The first kappa shape index (κ1) is 13.0. The van der Waals surface area contributed by atoms with Gasteiger partial charge in [0.2, 0.25) is 0 Å². The van der Waals surface area contributed by atoms with Crippen molar-refractivity contribution in [3.05, 3.63) is 41.8 Å². The Hall–Kier alpha value is -1.75. The molecule has 2 atom stereocenters. The van der Waals surface area contributed by atoms with Gasteiger partial charge in [-0.3, -0.25) is 9.97 Å². The lowest BCUT2D eigenvalue weighted by Crippen LogP contribution is -2.42. The zero-order valence-corrected chi connectivity index (χ0v) is 12.4. The van der Waals surface area contributed by atoms with Gasteiger partial charge in [0.15, 0.2) is 0 Å². The lowest BCUT2D eigenvalue weighted by atomic mass is 9.68. The van der Waals surface area contributed by atoms with Crippen LogP contribution in [0.3, 0.4) is 0 Å². The molecule has 1 fully saturated rings. The van der Waals surface area contributed by atoms with E-state index in [4.69, 9.17) is 9.26 Å². The largest absolute Gasteiger partial charge is 0.374 e. The van der Waals surface area contributed by atoms with Crippen molar-refractivity contribution in [2.75, 3.05) is 6.61 Å². The minimum absolute atomic E-state index is 0.0403. The van der Waals surface area contributed by atoms with Crippen LogP contribution in [0.15, 0.2) is 29.3 Å². The van der Waals surface area contributed by atoms with Crippen LogP contribution in [0.25, 0.3) is 0 Å². The van der Waals surface area contributed by atoms with Crippen LogP contribution in [0.5, 0.6) is 0 Å². The summed E-state index contributed by atoms with van der Waals surface area (Å²) in [5.41, 5.74) is 2.06. The second kappa shape index (κ2) is 4.37. The number of hydrogen-bond donors (Lipinski definition) is 0. The highest BCUT2D eigenvalue weighted by atomic mass is 16.5. The van der Waals surface area contributed by atoms with Crippen LogP contribution in [0.1, 0.15) is 49.6 Å². The van der Waals surface area contributed by atoms with Gasteiger partial charge in [0.1, 0.15) is 5.76 Å². The third-order valence-corrected chi connectivity index (χ3v) is 4.75. The van der Waals surface area contributed by atoms with Gasteiger partial charge in [0.05, 0.1) is 24.1 Å². The minimum atomic E-state index is -0.121. The van der Waals surface area contributed by atoms with E-state index in [9.17, 15) is 0 Å². The Morgan fingerprint density at radius 1 is 1.24 bits per heavy atom. The fourth-order valence-electron chi connectivity index (χ4n) is 4.04. The fourth-order valence-corrected chi connectivity index (χ4v) is 4.04. The van der Waals surface area contributed by atoms with Gasteiger partial charge in [0.25, 0.3) is 0 Å². The number of nitrogens with zero attached hydrogens (tertiary/aromatic N) is 3. The van der Waals surface area contributed by atoms with Crippen molar-refractivity contribution in [2.45, 2.75) is 50.0 Å². The topological polar surface area (TPSA) is 61.0 Å². The summed E-state index contributed by atoms with van der Waals surface area (Å²) < 4.78 is 11.7. The normalized spacial score (nSPS) is 30.5. The fraction of sp³-hybridized carbons (Fsp3) is 0.562.